The molecule has 0 saturated carbocycles. The Balaban J connectivity index is 1.32. The van der Waals surface area contributed by atoms with Gasteiger partial charge in [0.25, 0.3) is 5.56 Å². The van der Waals surface area contributed by atoms with Crippen LogP contribution in [0.2, 0.25) is 0 Å². The molecule has 1 aliphatic rings. The number of nitrogens with zero attached hydrogens (tertiary/aromatic N) is 2. The highest BCUT2D eigenvalue weighted by Crippen LogP contribution is 2.35. The van der Waals surface area contributed by atoms with Gasteiger partial charge in [-0.2, -0.15) is 0 Å². The maximum Gasteiger partial charge on any atom is 0.260 e. The van der Waals surface area contributed by atoms with Crippen LogP contribution in [0, 0.1) is 6.92 Å². The van der Waals surface area contributed by atoms with Crippen molar-refractivity contribution in [1.82, 2.24) is 14.9 Å². The van der Waals surface area contributed by atoms with E-state index in [1.807, 2.05) is 36.7 Å². The number of benzene rings is 1. The molecule has 30 heavy (non-hydrogen) atoms. The van der Waals surface area contributed by atoms with Crippen LogP contribution < -0.4 is 15.0 Å². The number of likely N-dealkylation sites (N-methyl/N-ethyl adjacent to an activating group) is 1. The molecule has 6 nitrogen and oxygen atoms in total. The zero-order valence-electron chi connectivity index (χ0n) is 16.7. The molecule has 154 valence electrons. The Kier molecular flexibility index (Phi) is 5.06. The number of hydrogen-bond donors (Lipinski definition) is 1. The normalized spacial score (nSPS) is 15.8. The van der Waals surface area contributed by atoms with Crippen molar-refractivity contribution in [3.63, 3.8) is 0 Å². The zero-order valence-corrected chi connectivity index (χ0v) is 18.3. The van der Waals surface area contributed by atoms with Crippen molar-refractivity contribution < 1.29 is 9.47 Å². The molecule has 0 amide bonds. The molecular weight excluding hydrogens is 418 g/mol. The third kappa shape index (κ3) is 3.74. The summed E-state index contributed by atoms with van der Waals surface area (Å²) >= 11 is 3.20. The maximum atomic E-state index is 12.8. The van der Waals surface area contributed by atoms with Crippen LogP contribution in [0.3, 0.4) is 0 Å². The third-order valence-electron chi connectivity index (χ3n) is 5.00. The highest BCUT2D eigenvalue weighted by Gasteiger charge is 2.22. The molecule has 1 aliphatic heterocycles. The monoisotopic (exact) mass is 439 g/mol. The summed E-state index contributed by atoms with van der Waals surface area (Å²) in [6.07, 6.45) is -0.0734. The summed E-state index contributed by atoms with van der Waals surface area (Å²) in [7, 11) is 1.99. The van der Waals surface area contributed by atoms with E-state index in [1.165, 1.54) is 16.2 Å². The van der Waals surface area contributed by atoms with Crippen molar-refractivity contribution in [2.24, 2.45) is 0 Å². The molecule has 0 aliphatic carbocycles. The molecule has 5 rings (SSSR count). The van der Waals surface area contributed by atoms with Gasteiger partial charge in [0.05, 0.1) is 11.9 Å². The molecule has 4 aromatic rings. The van der Waals surface area contributed by atoms with Gasteiger partial charge in [-0.1, -0.05) is 12.1 Å². The number of aromatic amines is 1. The quantitative estimate of drug-likeness (QED) is 0.502. The minimum absolute atomic E-state index is 0.0734. The molecule has 1 N–H and O–H groups in total. The van der Waals surface area contributed by atoms with Gasteiger partial charge in [-0.15, -0.1) is 22.7 Å². The smallest absolute Gasteiger partial charge is 0.260 e. The van der Waals surface area contributed by atoms with Crippen molar-refractivity contribution in [3.05, 3.63) is 62.8 Å². The molecule has 4 heterocycles. The second-order valence-electron chi connectivity index (χ2n) is 7.45. The summed E-state index contributed by atoms with van der Waals surface area (Å²) in [5.74, 6) is 2.20. The number of aromatic nitrogens is 2. The highest BCUT2D eigenvalue weighted by atomic mass is 32.1. The van der Waals surface area contributed by atoms with Crippen LogP contribution in [0.15, 0.2) is 46.6 Å². The Hall–Kier alpha value is -2.68. The Morgan fingerprint density at radius 1 is 1.23 bits per heavy atom. The van der Waals surface area contributed by atoms with Gasteiger partial charge in [-0.25, -0.2) is 4.98 Å². The fourth-order valence-corrected chi connectivity index (χ4v) is 5.57. The topological polar surface area (TPSA) is 67.5 Å². The number of rotatable bonds is 5. The van der Waals surface area contributed by atoms with E-state index in [2.05, 4.69) is 28.9 Å². The van der Waals surface area contributed by atoms with E-state index in [9.17, 15) is 4.79 Å². The number of para-hydroxylation sites is 2. The largest absolute Gasteiger partial charge is 0.486 e. The number of thiophene rings is 2. The second-order valence-corrected chi connectivity index (χ2v) is 9.59. The standard InChI is InChI=1S/C22H21N3O3S2/c1-13-7-8-18(30-13)15-12-29-22-20(15)21(26)23-19(24-22)10-25(2)9-14-11-27-16-5-3-4-6-17(16)28-14/h3-8,12,14H,9-11H2,1-2H3,(H,23,24,26). The summed E-state index contributed by atoms with van der Waals surface area (Å²) in [6, 6.07) is 11.8. The van der Waals surface area contributed by atoms with Crippen molar-refractivity contribution in [2.45, 2.75) is 19.6 Å². The Labute approximate surface area is 181 Å². The van der Waals surface area contributed by atoms with E-state index in [-0.39, 0.29) is 11.7 Å². The first-order chi connectivity index (χ1) is 14.6. The molecule has 1 unspecified atom stereocenters. The van der Waals surface area contributed by atoms with E-state index in [1.54, 1.807) is 11.3 Å². The van der Waals surface area contributed by atoms with E-state index in [4.69, 9.17) is 14.5 Å². The lowest BCUT2D eigenvalue weighted by molar-refractivity contribution is 0.0632. The first-order valence-electron chi connectivity index (χ1n) is 9.71. The van der Waals surface area contributed by atoms with Crippen molar-refractivity contribution in [1.29, 1.82) is 0 Å². The summed E-state index contributed by atoms with van der Waals surface area (Å²) in [4.78, 5) is 25.7. The molecule has 0 saturated heterocycles. The van der Waals surface area contributed by atoms with Gasteiger partial charge in [0, 0.05) is 27.2 Å². The Bertz CT molecular complexity index is 1260. The molecule has 1 atom stereocenters. The van der Waals surface area contributed by atoms with Crippen LogP contribution >= 0.6 is 22.7 Å². The van der Waals surface area contributed by atoms with E-state index in [0.717, 1.165) is 26.8 Å². The SMILES string of the molecule is Cc1ccc(-c2csc3nc(CN(C)CC4COc5ccccc5O4)[nH]c(=O)c23)s1. The van der Waals surface area contributed by atoms with Crippen molar-refractivity contribution in [3.8, 4) is 21.9 Å². The van der Waals surface area contributed by atoms with Gasteiger partial charge in [-0.3, -0.25) is 9.69 Å². The van der Waals surface area contributed by atoms with Crippen LogP contribution in [0.25, 0.3) is 20.7 Å². The number of H-pyrrole nitrogens is 1. The molecule has 3 aromatic heterocycles. The van der Waals surface area contributed by atoms with Crippen LogP contribution in [-0.4, -0.2) is 41.2 Å². The first kappa shape index (κ1) is 19.3. The first-order valence-corrected chi connectivity index (χ1v) is 11.4. The van der Waals surface area contributed by atoms with Crippen LogP contribution in [-0.2, 0) is 6.54 Å². The molecule has 0 spiro atoms. The zero-order chi connectivity index (χ0) is 20.7. The van der Waals surface area contributed by atoms with Gasteiger partial charge in [0.2, 0.25) is 0 Å². The molecule has 0 bridgehead atoms. The highest BCUT2D eigenvalue weighted by molar-refractivity contribution is 7.19. The fourth-order valence-electron chi connectivity index (χ4n) is 3.65. The molecular formula is C22H21N3O3S2. The Morgan fingerprint density at radius 3 is 2.87 bits per heavy atom. The molecule has 0 radical (unpaired) electrons. The average molecular weight is 440 g/mol. The third-order valence-corrected chi connectivity index (χ3v) is 6.91. The van der Waals surface area contributed by atoms with Crippen molar-refractivity contribution in [2.75, 3.05) is 20.2 Å². The van der Waals surface area contributed by atoms with Gasteiger partial charge < -0.3 is 14.5 Å². The fraction of sp³-hybridized carbons (Fsp3) is 0.273. The maximum absolute atomic E-state index is 12.8. The molecule has 1 aromatic carbocycles. The van der Waals surface area contributed by atoms with Gasteiger partial charge in [0.1, 0.15) is 23.4 Å². The number of fused-ring (bicyclic) bond motifs is 2. The molecule has 0 fully saturated rings. The number of ether oxygens (including phenoxy) is 2. The summed E-state index contributed by atoms with van der Waals surface area (Å²) in [5.41, 5.74) is 0.880. The molecule has 8 heteroatoms. The van der Waals surface area contributed by atoms with E-state index < -0.39 is 0 Å². The summed E-state index contributed by atoms with van der Waals surface area (Å²) in [6.45, 7) is 3.76. The van der Waals surface area contributed by atoms with Gasteiger partial charge in [0.15, 0.2) is 11.5 Å². The number of nitrogens with one attached hydrogen (secondary N) is 1. The van der Waals surface area contributed by atoms with Crippen LogP contribution in [0.5, 0.6) is 11.5 Å². The van der Waals surface area contributed by atoms with E-state index in [0.29, 0.717) is 30.9 Å². The average Bonchev–Trinajstić information content (AvgIpc) is 3.34. The summed E-state index contributed by atoms with van der Waals surface area (Å²) in [5, 5.41) is 2.70. The van der Waals surface area contributed by atoms with Gasteiger partial charge in [-0.05, 0) is 38.2 Å². The van der Waals surface area contributed by atoms with E-state index >= 15 is 0 Å². The Morgan fingerprint density at radius 2 is 2.07 bits per heavy atom. The predicted molar refractivity (Wildman–Crippen MR) is 121 cm³/mol. The van der Waals surface area contributed by atoms with Gasteiger partial charge >= 0.3 is 0 Å². The second kappa shape index (κ2) is 7.86. The number of aryl methyl sites for hydroxylation is 1. The van der Waals surface area contributed by atoms with Crippen LogP contribution in [0.4, 0.5) is 0 Å². The lowest BCUT2D eigenvalue weighted by Crippen LogP contribution is -2.39. The van der Waals surface area contributed by atoms with Crippen molar-refractivity contribution >= 4 is 32.9 Å². The lowest BCUT2D eigenvalue weighted by atomic mass is 10.2. The van der Waals surface area contributed by atoms with Crippen LogP contribution in [0.1, 0.15) is 10.7 Å². The predicted octanol–water partition coefficient (Wildman–Crippen LogP) is 4.29. The number of hydrogen-bond acceptors (Lipinski definition) is 7. The lowest BCUT2D eigenvalue weighted by Gasteiger charge is -2.29. The summed E-state index contributed by atoms with van der Waals surface area (Å²) < 4.78 is 11.8. The minimum Gasteiger partial charge on any atom is -0.486 e. The minimum atomic E-state index is -0.0862.